The number of benzene rings is 2. The third-order valence-corrected chi connectivity index (χ3v) is 4.77. The molecule has 3 aromatic rings. The van der Waals surface area contributed by atoms with Crippen molar-refractivity contribution in [1.29, 1.82) is 0 Å². The smallest absolute Gasteiger partial charge is 0.262 e. The fraction of sp³-hybridized carbons (Fsp3) is 0.200. The summed E-state index contributed by atoms with van der Waals surface area (Å²) in [5.74, 6) is -4.81. The standard InChI is InChI=1S/C20H17ClF2N2O4/c1-10-13(8-16(27)24-5-6-26)17-15(9-14(22)19(28)18(17)23)25(10)20(29)11-3-2-4-12(21)7-11/h2-4,7,9,26,28H,5-6,8H2,1H3,(H,24,27). The third-order valence-electron chi connectivity index (χ3n) is 4.53. The van der Waals surface area contributed by atoms with E-state index in [9.17, 15) is 23.5 Å². The molecule has 0 aliphatic carbocycles. The van der Waals surface area contributed by atoms with E-state index >= 15 is 0 Å². The molecule has 9 heteroatoms. The Labute approximate surface area is 169 Å². The summed E-state index contributed by atoms with van der Waals surface area (Å²) in [6.07, 6.45) is -0.333. The Bertz CT molecular complexity index is 1130. The number of halogens is 3. The number of nitrogens with one attached hydrogen (secondary N) is 1. The van der Waals surface area contributed by atoms with Crippen molar-refractivity contribution in [2.24, 2.45) is 0 Å². The Morgan fingerprint density at radius 1 is 1.24 bits per heavy atom. The number of aromatic nitrogens is 1. The number of fused-ring (bicyclic) bond motifs is 1. The van der Waals surface area contributed by atoms with Crippen LogP contribution in [0.2, 0.25) is 5.02 Å². The van der Waals surface area contributed by atoms with Crippen LogP contribution >= 0.6 is 11.6 Å². The lowest BCUT2D eigenvalue weighted by atomic mass is 10.1. The molecule has 0 saturated carbocycles. The van der Waals surface area contributed by atoms with E-state index in [1.807, 2.05) is 0 Å². The van der Waals surface area contributed by atoms with Crippen molar-refractivity contribution in [3.8, 4) is 5.75 Å². The summed E-state index contributed by atoms with van der Waals surface area (Å²) in [6.45, 7) is 1.21. The van der Waals surface area contributed by atoms with E-state index in [0.717, 1.165) is 10.6 Å². The first-order chi connectivity index (χ1) is 13.8. The maximum absolute atomic E-state index is 14.7. The lowest BCUT2D eigenvalue weighted by Crippen LogP contribution is -2.28. The highest BCUT2D eigenvalue weighted by molar-refractivity contribution is 6.31. The number of aliphatic hydroxyl groups excluding tert-OH is 1. The second kappa shape index (κ2) is 8.18. The first kappa shape index (κ1) is 20.8. The number of phenols is 1. The van der Waals surface area contributed by atoms with Crippen LogP contribution in [0, 0.1) is 18.6 Å². The lowest BCUT2D eigenvalue weighted by molar-refractivity contribution is -0.120. The fourth-order valence-electron chi connectivity index (χ4n) is 3.20. The van der Waals surface area contributed by atoms with Crippen LogP contribution in [0.4, 0.5) is 8.78 Å². The lowest BCUT2D eigenvalue weighted by Gasteiger charge is -2.08. The Hall–Kier alpha value is -2.97. The monoisotopic (exact) mass is 422 g/mol. The molecule has 0 aliphatic heterocycles. The van der Waals surface area contributed by atoms with E-state index in [2.05, 4.69) is 5.32 Å². The average molecular weight is 423 g/mol. The molecule has 0 radical (unpaired) electrons. The maximum atomic E-state index is 14.7. The summed E-state index contributed by atoms with van der Waals surface area (Å²) < 4.78 is 29.9. The first-order valence-electron chi connectivity index (χ1n) is 8.65. The van der Waals surface area contributed by atoms with Gasteiger partial charge in [0.05, 0.1) is 18.5 Å². The number of carbonyl (C=O) groups excluding carboxylic acids is 2. The van der Waals surface area contributed by atoms with Gasteiger partial charge in [0.1, 0.15) is 0 Å². The third kappa shape index (κ3) is 3.81. The molecule has 0 aliphatic rings. The molecule has 0 unspecified atom stereocenters. The molecule has 29 heavy (non-hydrogen) atoms. The molecule has 0 atom stereocenters. The Balaban J connectivity index is 2.23. The zero-order chi connectivity index (χ0) is 21.3. The molecular formula is C20H17ClF2N2O4. The highest BCUT2D eigenvalue weighted by Crippen LogP contribution is 2.35. The molecule has 6 nitrogen and oxygen atoms in total. The highest BCUT2D eigenvalue weighted by atomic mass is 35.5. The molecule has 2 aromatic carbocycles. The molecule has 152 valence electrons. The van der Waals surface area contributed by atoms with Crippen LogP contribution in [0.25, 0.3) is 10.9 Å². The van der Waals surface area contributed by atoms with Crippen molar-refractivity contribution in [3.63, 3.8) is 0 Å². The van der Waals surface area contributed by atoms with Crippen molar-refractivity contribution in [2.75, 3.05) is 13.2 Å². The quantitative estimate of drug-likeness (QED) is 0.589. The number of aromatic hydroxyl groups is 1. The summed E-state index contributed by atoms with van der Waals surface area (Å²) in [5, 5.41) is 21.1. The van der Waals surface area contributed by atoms with Gasteiger partial charge in [-0.2, -0.15) is 0 Å². The van der Waals surface area contributed by atoms with Crippen molar-refractivity contribution in [3.05, 3.63) is 63.8 Å². The second-order valence-electron chi connectivity index (χ2n) is 6.38. The van der Waals surface area contributed by atoms with Gasteiger partial charge in [-0.25, -0.2) is 8.78 Å². The molecule has 1 aromatic heterocycles. The van der Waals surface area contributed by atoms with E-state index in [1.165, 1.54) is 19.1 Å². The van der Waals surface area contributed by atoms with Crippen LogP contribution in [-0.4, -0.2) is 39.7 Å². The Morgan fingerprint density at radius 3 is 2.62 bits per heavy atom. The van der Waals surface area contributed by atoms with Crippen molar-refractivity contribution < 1.29 is 28.6 Å². The van der Waals surface area contributed by atoms with Crippen LogP contribution < -0.4 is 5.32 Å². The minimum Gasteiger partial charge on any atom is -0.503 e. The van der Waals surface area contributed by atoms with Gasteiger partial charge in [0.15, 0.2) is 17.4 Å². The zero-order valence-corrected chi connectivity index (χ0v) is 16.1. The van der Waals surface area contributed by atoms with Crippen LogP contribution in [0.1, 0.15) is 21.6 Å². The number of aliphatic hydroxyl groups is 1. The predicted octanol–water partition coefficient (Wildman–Crippen LogP) is 2.93. The minimum absolute atomic E-state index is 0.000325. The van der Waals surface area contributed by atoms with Gasteiger partial charge >= 0.3 is 0 Å². The largest absolute Gasteiger partial charge is 0.503 e. The maximum Gasteiger partial charge on any atom is 0.262 e. The van der Waals surface area contributed by atoms with Gasteiger partial charge in [0.25, 0.3) is 5.91 Å². The Morgan fingerprint density at radius 2 is 1.97 bits per heavy atom. The summed E-state index contributed by atoms with van der Waals surface area (Å²) in [4.78, 5) is 25.2. The summed E-state index contributed by atoms with van der Waals surface area (Å²) in [5.41, 5.74) is 0.402. The fourth-order valence-corrected chi connectivity index (χ4v) is 3.39. The number of carbonyl (C=O) groups is 2. The number of rotatable bonds is 5. The molecule has 3 N–H and O–H groups in total. The van der Waals surface area contributed by atoms with E-state index in [4.69, 9.17) is 16.7 Å². The van der Waals surface area contributed by atoms with Crippen molar-refractivity contribution in [2.45, 2.75) is 13.3 Å². The molecule has 0 bridgehead atoms. The SMILES string of the molecule is Cc1c(CC(=O)NCCO)c2c(F)c(O)c(F)cc2n1C(=O)c1cccc(Cl)c1. The Kier molecular flexibility index (Phi) is 5.86. The average Bonchev–Trinajstić information content (AvgIpc) is 2.95. The molecule has 0 spiro atoms. The minimum atomic E-state index is -1.26. The number of phenolic OH excluding ortho intramolecular Hbond substituents is 1. The molecular weight excluding hydrogens is 406 g/mol. The van der Waals surface area contributed by atoms with Gasteiger partial charge in [-0.3, -0.25) is 14.2 Å². The predicted molar refractivity (Wildman–Crippen MR) is 103 cm³/mol. The van der Waals surface area contributed by atoms with Crippen LogP contribution in [0.5, 0.6) is 5.75 Å². The van der Waals surface area contributed by atoms with Crippen molar-refractivity contribution in [1.82, 2.24) is 9.88 Å². The van der Waals surface area contributed by atoms with Crippen LogP contribution in [0.3, 0.4) is 0 Å². The second-order valence-corrected chi connectivity index (χ2v) is 6.82. The van der Waals surface area contributed by atoms with E-state index in [1.54, 1.807) is 12.1 Å². The first-order valence-corrected chi connectivity index (χ1v) is 9.02. The van der Waals surface area contributed by atoms with E-state index < -0.39 is 29.2 Å². The van der Waals surface area contributed by atoms with Crippen molar-refractivity contribution >= 4 is 34.3 Å². The van der Waals surface area contributed by atoms with Crippen LogP contribution in [-0.2, 0) is 11.2 Å². The molecule has 1 amide bonds. The van der Waals surface area contributed by atoms with Gasteiger partial charge in [0, 0.05) is 34.3 Å². The van der Waals surface area contributed by atoms with Gasteiger partial charge in [-0.15, -0.1) is 0 Å². The summed E-state index contributed by atoms with van der Waals surface area (Å²) >= 11 is 5.94. The molecule has 0 fully saturated rings. The molecule has 1 heterocycles. The number of amides is 1. The van der Waals surface area contributed by atoms with Gasteiger partial charge in [-0.05, 0) is 30.7 Å². The topological polar surface area (TPSA) is 91.6 Å². The molecule has 3 rings (SSSR count). The number of hydrogen-bond acceptors (Lipinski definition) is 4. The highest BCUT2D eigenvalue weighted by Gasteiger charge is 2.27. The van der Waals surface area contributed by atoms with E-state index in [-0.39, 0.29) is 47.3 Å². The van der Waals surface area contributed by atoms with Crippen LogP contribution in [0.15, 0.2) is 30.3 Å². The summed E-state index contributed by atoms with van der Waals surface area (Å²) in [6, 6.07) is 6.90. The van der Waals surface area contributed by atoms with Gasteiger partial charge in [0.2, 0.25) is 5.91 Å². The zero-order valence-electron chi connectivity index (χ0n) is 15.3. The molecule has 0 saturated heterocycles. The van der Waals surface area contributed by atoms with Gasteiger partial charge in [-0.1, -0.05) is 17.7 Å². The number of hydrogen-bond donors (Lipinski definition) is 3. The normalized spacial score (nSPS) is 11.1. The van der Waals surface area contributed by atoms with Gasteiger partial charge < -0.3 is 15.5 Å². The summed E-state index contributed by atoms with van der Waals surface area (Å²) in [7, 11) is 0. The van der Waals surface area contributed by atoms with E-state index in [0.29, 0.717) is 5.02 Å². The number of nitrogens with zero attached hydrogens (tertiary/aromatic N) is 1.